The van der Waals surface area contributed by atoms with Gasteiger partial charge in [-0.05, 0) is 42.8 Å². The lowest BCUT2D eigenvalue weighted by Gasteiger charge is -2.14. The van der Waals surface area contributed by atoms with Gasteiger partial charge in [-0.3, -0.25) is 9.59 Å². The van der Waals surface area contributed by atoms with Crippen molar-refractivity contribution in [2.45, 2.75) is 13.3 Å². The van der Waals surface area contributed by atoms with Gasteiger partial charge in [0.1, 0.15) is 0 Å². The first-order chi connectivity index (χ1) is 13.0. The molecule has 7 heteroatoms. The van der Waals surface area contributed by atoms with Crippen LogP contribution in [0.1, 0.15) is 34.1 Å². The molecule has 0 aliphatic carbocycles. The van der Waals surface area contributed by atoms with Gasteiger partial charge in [0.05, 0.1) is 21.3 Å². The van der Waals surface area contributed by atoms with Crippen molar-refractivity contribution in [1.82, 2.24) is 5.32 Å². The normalized spacial score (nSPS) is 10.1. The highest BCUT2D eigenvalue weighted by Gasteiger charge is 2.17. The summed E-state index contributed by atoms with van der Waals surface area (Å²) in [6.45, 7) is 2.61. The molecule has 0 aromatic heterocycles. The van der Waals surface area contributed by atoms with E-state index < -0.39 is 0 Å². The number of hydrogen-bond acceptors (Lipinski definition) is 5. The molecule has 2 N–H and O–H groups in total. The van der Waals surface area contributed by atoms with E-state index in [-0.39, 0.29) is 11.8 Å². The first-order valence-electron chi connectivity index (χ1n) is 8.53. The quantitative estimate of drug-likeness (QED) is 0.744. The van der Waals surface area contributed by atoms with E-state index in [4.69, 9.17) is 14.2 Å². The molecule has 0 aliphatic rings. The highest BCUT2D eigenvalue weighted by molar-refractivity contribution is 6.05. The Morgan fingerprint density at radius 3 is 1.93 bits per heavy atom. The Hall–Kier alpha value is -3.22. The Labute approximate surface area is 158 Å². The van der Waals surface area contributed by atoms with Crippen LogP contribution in [0, 0.1) is 0 Å². The Kier molecular flexibility index (Phi) is 7.05. The molecule has 2 aromatic rings. The zero-order valence-corrected chi connectivity index (χ0v) is 15.9. The molecule has 2 amide bonds. The van der Waals surface area contributed by atoms with E-state index in [1.807, 2.05) is 6.92 Å². The van der Waals surface area contributed by atoms with Crippen LogP contribution in [-0.2, 0) is 0 Å². The topological polar surface area (TPSA) is 85.9 Å². The van der Waals surface area contributed by atoms with Crippen LogP contribution < -0.4 is 24.8 Å². The number of carbonyl (C=O) groups is 2. The fraction of sp³-hybridized carbons (Fsp3) is 0.300. The highest BCUT2D eigenvalue weighted by Crippen LogP contribution is 2.38. The molecule has 0 bridgehead atoms. The minimum Gasteiger partial charge on any atom is -0.493 e. The van der Waals surface area contributed by atoms with Crippen LogP contribution in [0.5, 0.6) is 17.2 Å². The Morgan fingerprint density at radius 2 is 1.44 bits per heavy atom. The van der Waals surface area contributed by atoms with Crippen molar-refractivity contribution in [1.29, 1.82) is 0 Å². The molecule has 0 atom stereocenters. The lowest BCUT2D eigenvalue weighted by atomic mass is 10.1. The van der Waals surface area contributed by atoms with Crippen LogP contribution in [0.3, 0.4) is 0 Å². The second kappa shape index (κ2) is 9.47. The van der Waals surface area contributed by atoms with E-state index >= 15 is 0 Å². The number of ether oxygens (including phenoxy) is 3. The molecule has 0 radical (unpaired) electrons. The fourth-order valence-corrected chi connectivity index (χ4v) is 2.46. The van der Waals surface area contributed by atoms with Gasteiger partial charge in [-0.15, -0.1) is 0 Å². The monoisotopic (exact) mass is 372 g/mol. The summed E-state index contributed by atoms with van der Waals surface area (Å²) in [6.07, 6.45) is 0.870. The van der Waals surface area contributed by atoms with Gasteiger partial charge in [0, 0.05) is 23.4 Å². The minimum atomic E-state index is -0.336. The number of amides is 2. The van der Waals surface area contributed by atoms with Crippen molar-refractivity contribution in [2.75, 3.05) is 33.2 Å². The molecule has 27 heavy (non-hydrogen) atoms. The number of carbonyl (C=O) groups excluding carboxylic acids is 2. The molecule has 7 nitrogen and oxygen atoms in total. The average molecular weight is 372 g/mol. The molecule has 2 rings (SSSR count). The number of benzene rings is 2. The maximum atomic E-state index is 12.6. The van der Waals surface area contributed by atoms with Crippen LogP contribution in [0.15, 0.2) is 36.4 Å². The fourth-order valence-electron chi connectivity index (χ4n) is 2.46. The van der Waals surface area contributed by atoms with Gasteiger partial charge >= 0.3 is 0 Å². The van der Waals surface area contributed by atoms with E-state index in [9.17, 15) is 9.59 Å². The van der Waals surface area contributed by atoms with E-state index in [1.54, 1.807) is 36.4 Å². The second-order valence-corrected chi connectivity index (χ2v) is 5.70. The van der Waals surface area contributed by atoms with Crippen LogP contribution >= 0.6 is 0 Å². The Balaban J connectivity index is 2.16. The number of methoxy groups -OCH3 is 3. The van der Waals surface area contributed by atoms with Crippen molar-refractivity contribution < 1.29 is 23.8 Å². The molecule has 0 saturated carbocycles. The maximum absolute atomic E-state index is 12.6. The molecule has 0 spiro atoms. The zero-order valence-electron chi connectivity index (χ0n) is 15.9. The maximum Gasteiger partial charge on any atom is 0.255 e. The second-order valence-electron chi connectivity index (χ2n) is 5.70. The third-order valence-electron chi connectivity index (χ3n) is 3.87. The Morgan fingerprint density at radius 1 is 0.852 bits per heavy atom. The third-order valence-corrected chi connectivity index (χ3v) is 3.87. The predicted molar refractivity (Wildman–Crippen MR) is 103 cm³/mol. The number of rotatable bonds is 8. The molecule has 0 fully saturated rings. The molecule has 0 saturated heterocycles. The van der Waals surface area contributed by atoms with E-state index in [1.165, 1.54) is 21.3 Å². The molecule has 0 unspecified atom stereocenters. The summed E-state index contributed by atoms with van der Waals surface area (Å²) in [6, 6.07) is 9.82. The van der Waals surface area contributed by atoms with E-state index in [0.29, 0.717) is 40.6 Å². The van der Waals surface area contributed by atoms with Gasteiger partial charge in [0.15, 0.2) is 11.5 Å². The number of hydrogen-bond donors (Lipinski definition) is 2. The van der Waals surface area contributed by atoms with Gasteiger partial charge in [-0.25, -0.2) is 0 Å². The van der Waals surface area contributed by atoms with Crippen LogP contribution in [0.4, 0.5) is 5.69 Å². The third kappa shape index (κ3) is 4.91. The van der Waals surface area contributed by atoms with Crippen molar-refractivity contribution in [3.8, 4) is 17.2 Å². The van der Waals surface area contributed by atoms with Crippen molar-refractivity contribution >= 4 is 17.5 Å². The molecule has 144 valence electrons. The summed E-state index contributed by atoms with van der Waals surface area (Å²) >= 11 is 0. The van der Waals surface area contributed by atoms with Gasteiger partial charge in [-0.1, -0.05) is 6.92 Å². The van der Waals surface area contributed by atoms with Crippen LogP contribution in [0.25, 0.3) is 0 Å². The van der Waals surface area contributed by atoms with Crippen LogP contribution in [0.2, 0.25) is 0 Å². The smallest absolute Gasteiger partial charge is 0.255 e. The van der Waals surface area contributed by atoms with Crippen molar-refractivity contribution in [3.05, 3.63) is 47.5 Å². The predicted octanol–water partition coefficient (Wildman–Crippen LogP) is 3.10. The lowest BCUT2D eigenvalue weighted by Crippen LogP contribution is -2.23. The zero-order chi connectivity index (χ0) is 19.8. The molecule has 2 aromatic carbocycles. The molecule has 0 aliphatic heterocycles. The Bertz CT molecular complexity index is 778. The minimum absolute atomic E-state index is 0.139. The molecular formula is C20H24N2O5. The lowest BCUT2D eigenvalue weighted by molar-refractivity contribution is 0.0953. The van der Waals surface area contributed by atoms with Crippen molar-refractivity contribution in [2.24, 2.45) is 0 Å². The summed E-state index contributed by atoms with van der Waals surface area (Å²) < 4.78 is 15.8. The molecule has 0 heterocycles. The summed E-state index contributed by atoms with van der Waals surface area (Å²) in [5.41, 5.74) is 1.46. The van der Waals surface area contributed by atoms with E-state index in [0.717, 1.165) is 6.42 Å². The largest absolute Gasteiger partial charge is 0.493 e. The van der Waals surface area contributed by atoms with Gasteiger partial charge in [-0.2, -0.15) is 0 Å². The standard InChI is InChI=1S/C20H24N2O5/c1-5-10-21-19(23)13-6-8-15(9-7-13)22-20(24)14-11-16(25-2)18(27-4)17(12-14)26-3/h6-9,11-12H,5,10H2,1-4H3,(H,21,23)(H,22,24). The molecular weight excluding hydrogens is 348 g/mol. The van der Waals surface area contributed by atoms with Gasteiger partial charge in [0.2, 0.25) is 5.75 Å². The highest BCUT2D eigenvalue weighted by atomic mass is 16.5. The summed E-state index contributed by atoms with van der Waals surface area (Å²) in [4.78, 5) is 24.5. The van der Waals surface area contributed by atoms with Crippen LogP contribution in [-0.4, -0.2) is 39.7 Å². The first kappa shape index (κ1) is 20.1. The first-order valence-corrected chi connectivity index (χ1v) is 8.53. The van der Waals surface area contributed by atoms with E-state index in [2.05, 4.69) is 10.6 Å². The SMILES string of the molecule is CCCNC(=O)c1ccc(NC(=O)c2cc(OC)c(OC)c(OC)c2)cc1. The van der Waals surface area contributed by atoms with Gasteiger partial charge < -0.3 is 24.8 Å². The summed E-state index contributed by atoms with van der Waals surface area (Å²) in [7, 11) is 4.47. The van der Waals surface area contributed by atoms with Gasteiger partial charge in [0.25, 0.3) is 11.8 Å². The summed E-state index contributed by atoms with van der Waals surface area (Å²) in [5.74, 6) is 0.727. The number of anilines is 1. The average Bonchev–Trinajstić information content (AvgIpc) is 2.71. The summed E-state index contributed by atoms with van der Waals surface area (Å²) in [5, 5.41) is 5.59. The number of nitrogens with one attached hydrogen (secondary N) is 2. The van der Waals surface area contributed by atoms with Crippen molar-refractivity contribution in [3.63, 3.8) is 0 Å².